The highest BCUT2D eigenvalue weighted by molar-refractivity contribution is 7.87. The third-order valence-corrected chi connectivity index (χ3v) is 3.32. The summed E-state index contributed by atoms with van der Waals surface area (Å²) in [5.74, 6) is 0. The van der Waals surface area contributed by atoms with Gasteiger partial charge in [0.1, 0.15) is 6.73 Å². The number of nitrogens with zero attached hydrogens (tertiary/aromatic N) is 1. The molecule has 0 radical (unpaired) electrons. The smallest absolute Gasteiger partial charge is 0.281 e. The summed E-state index contributed by atoms with van der Waals surface area (Å²) in [7, 11) is -1.81. The minimum atomic E-state index is -3.26. The van der Waals surface area contributed by atoms with Gasteiger partial charge < -0.3 is 4.74 Å². The molecule has 0 spiro atoms. The van der Waals surface area contributed by atoms with E-state index in [1.54, 1.807) is 0 Å². The molecule has 0 aromatic heterocycles. The topological polar surface area (TPSA) is 58.6 Å². The Morgan fingerprint density at radius 1 is 1.42 bits per heavy atom. The van der Waals surface area contributed by atoms with Crippen LogP contribution in [0.15, 0.2) is 0 Å². The van der Waals surface area contributed by atoms with Crippen LogP contribution in [0.25, 0.3) is 0 Å². The highest BCUT2D eigenvalue weighted by atomic mass is 32.2. The Morgan fingerprint density at radius 2 is 2.00 bits per heavy atom. The van der Waals surface area contributed by atoms with Gasteiger partial charge in [-0.2, -0.15) is 17.4 Å². The fourth-order valence-corrected chi connectivity index (χ4v) is 2.34. The highest BCUT2D eigenvalue weighted by Gasteiger charge is 2.24. The molecule has 12 heavy (non-hydrogen) atoms. The van der Waals surface area contributed by atoms with Crippen LogP contribution in [0, 0.1) is 0 Å². The molecule has 1 saturated heterocycles. The SMILES string of the molecule is COCNS(=O)(=O)N1CCCC1. The van der Waals surface area contributed by atoms with Gasteiger partial charge in [-0.25, -0.2) is 0 Å². The monoisotopic (exact) mass is 194 g/mol. The lowest BCUT2D eigenvalue weighted by Gasteiger charge is -2.15. The molecule has 0 amide bonds. The molecule has 5 nitrogen and oxygen atoms in total. The third-order valence-electron chi connectivity index (χ3n) is 1.79. The van der Waals surface area contributed by atoms with Crippen LogP contribution in [0.1, 0.15) is 12.8 Å². The van der Waals surface area contributed by atoms with Crippen LogP contribution >= 0.6 is 0 Å². The minimum Gasteiger partial charge on any atom is -0.368 e. The van der Waals surface area contributed by atoms with Crippen molar-refractivity contribution in [3.63, 3.8) is 0 Å². The zero-order valence-electron chi connectivity index (χ0n) is 7.12. The summed E-state index contributed by atoms with van der Waals surface area (Å²) in [6.45, 7) is 1.29. The second-order valence-electron chi connectivity index (χ2n) is 2.69. The molecule has 0 atom stereocenters. The van der Waals surface area contributed by atoms with Crippen molar-refractivity contribution in [3.8, 4) is 0 Å². The van der Waals surface area contributed by atoms with Crippen molar-refractivity contribution in [1.82, 2.24) is 9.03 Å². The van der Waals surface area contributed by atoms with Crippen LogP contribution in [-0.4, -0.2) is 39.7 Å². The van der Waals surface area contributed by atoms with Crippen molar-refractivity contribution in [2.75, 3.05) is 26.9 Å². The Labute approximate surface area is 72.9 Å². The Kier molecular flexibility index (Phi) is 3.45. The summed E-state index contributed by atoms with van der Waals surface area (Å²) in [6, 6.07) is 0. The summed E-state index contributed by atoms with van der Waals surface area (Å²) in [4.78, 5) is 0. The number of rotatable bonds is 4. The molecule has 72 valence electrons. The standard InChI is InChI=1S/C6H14N2O3S/c1-11-6-7-12(9,10)8-4-2-3-5-8/h7H,2-6H2,1H3. The molecule has 1 rings (SSSR count). The Bertz CT molecular complexity index is 221. The summed E-state index contributed by atoms with van der Waals surface area (Å²) < 4.78 is 31.0. The van der Waals surface area contributed by atoms with Crippen LogP contribution in [0.4, 0.5) is 0 Å². The zero-order chi connectivity index (χ0) is 9.03. The third kappa shape index (κ3) is 2.41. The van der Waals surface area contributed by atoms with Crippen LogP contribution < -0.4 is 4.72 Å². The van der Waals surface area contributed by atoms with E-state index in [0.717, 1.165) is 12.8 Å². The van der Waals surface area contributed by atoms with Gasteiger partial charge in [-0.15, -0.1) is 0 Å². The van der Waals surface area contributed by atoms with Crippen molar-refractivity contribution < 1.29 is 13.2 Å². The van der Waals surface area contributed by atoms with E-state index < -0.39 is 10.2 Å². The maximum Gasteiger partial charge on any atom is 0.281 e. The van der Waals surface area contributed by atoms with Crippen molar-refractivity contribution >= 4 is 10.2 Å². The maximum absolute atomic E-state index is 11.3. The fourth-order valence-electron chi connectivity index (χ4n) is 1.15. The van der Waals surface area contributed by atoms with Gasteiger partial charge in [0, 0.05) is 20.2 Å². The van der Waals surface area contributed by atoms with Gasteiger partial charge in [-0.1, -0.05) is 0 Å². The van der Waals surface area contributed by atoms with Gasteiger partial charge in [0.25, 0.3) is 10.2 Å². The quantitative estimate of drug-likeness (QED) is 0.615. The maximum atomic E-state index is 11.3. The normalized spacial score (nSPS) is 20.1. The first-order chi connectivity index (χ1) is 5.67. The lowest BCUT2D eigenvalue weighted by molar-refractivity contribution is 0.192. The lowest BCUT2D eigenvalue weighted by Crippen LogP contribution is -2.39. The predicted molar refractivity (Wildman–Crippen MR) is 44.7 cm³/mol. The molecular weight excluding hydrogens is 180 g/mol. The molecule has 0 saturated carbocycles. The van der Waals surface area contributed by atoms with E-state index in [1.807, 2.05) is 0 Å². The summed E-state index contributed by atoms with van der Waals surface area (Å²) >= 11 is 0. The van der Waals surface area contributed by atoms with Crippen LogP contribution in [0.5, 0.6) is 0 Å². The largest absolute Gasteiger partial charge is 0.368 e. The van der Waals surface area contributed by atoms with E-state index in [0.29, 0.717) is 13.1 Å². The first-order valence-corrected chi connectivity index (χ1v) is 5.34. The Morgan fingerprint density at radius 3 is 2.50 bits per heavy atom. The summed E-state index contributed by atoms with van der Waals surface area (Å²) in [6.07, 6.45) is 1.90. The molecular formula is C6H14N2O3S. The molecule has 0 aliphatic carbocycles. The van der Waals surface area contributed by atoms with E-state index in [9.17, 15) is 8.42 Å². The summed E-state index contributed by atoms with van der Waals surface area (Å²) in [5.41, 5.74) is 0. The Hall–Kier alpha value is -0.170. The van der Waals surface area contributed by atoms with Gasteiger partial charge in [-0.3, -0.25) is 0 Å². The molecule has 1 aliphatic rings. The number of hydrogen-bond acceptors (Lipinski definition) is 3. The van der Waals surface area contributed by atoms with Gasteiger partial charge in [0.2, 0.25) is 0 Å². The van der Waals surface area contributed by atoms with Crippen LogP contribution in [0.3, 0.4) is 0 Å². The Balaban J connectivity index is 2.46. The van der Waals surface area contributed by atoms with E-state index in [-0.39, 0.29) is 6.73 Å². The van der Waals surface area contributed by atoms with Gasteiger partial charge >= 0.3 is 0 Å². The van der Waals surface area contributed by atoms with Crippen molar-refractivity contribution in [2.24, 2.45) is 0 Å². The number of methoxy groups -OCH3 is 1. The molecule has 1 fully saturated rings. The second kappa shape index (κ2) is 4.18. The molecule has 0 bridgehead atoms. The average molecular weight is 194 g/mol. The minimum absolute atomic E-state index is 0.0405. The predicted octanol–water partition coefficient (Wildman–Crippen LogP) is -0.479. The fraction of sp³-hybridized carbons (Fsp3) is 1.00. The first-order valence-electron chi connectivity index (χ1n) is 3.90. The summed E-state index contributed by atoms with van der Waals surface area (Å²) in [5, 5.41) is 0. The van der Waals surface area contributed by atoms with Gasteiger partial charge in [0.15, 0.2) is 0 Å². The number of nitrogens with one attached hydrogen (secondary N) is 1. The second-order valence-corrected chi connectivity index (χ2v) is 4.44. The number of ether oxygens (including phenoxy) is 1. The molecule has 0 aromatic rings. The van der Waals surface area contributed by atoms with Crippen molar-refractivity contribution in [2.45, 2.75) is 12.8 Å². The van der Waals surface area contributed by atoms with Crippen molar-refractivity contribution in [1.29, 1.82) is 0 Å². The van der Waals surface area contributed by atoms with Crippen LogP contribution in [0.2, 0.25) is 0 Å². The van der Waals surface area contributed by atoms with E-state index >= 15 is 0 Å². The van der Waals surface area contributed by atoms with Crippen LogP contribution in [-0.2, 0) is 14.9 Å². The van der Waals surface area contributed by atoms with E-state index in [1.165, 1.54) is 11.4 Å². The van der Waals surface area contributed by atoms with E-state index in [4.69, 9.17) is 0 Å². The average Bonchev–Trinajstić information content (AvgIpc) is 2.53. The molecule has 0 aromatic carbocycles. The van der Waals surface area contributed by atoms with Crippen molar-refractivity contribution in [3.05, 3.63) is 0 Å². The van der Waals surface area contributed by atoms with Gasteiger partial charge in [0.05, 0.1) is 0 Å². The molecule has 6 heteroatoms. The van der Waals surface area contributed by atoms with E-state index in [2.05, 4.69) is 9.46 Å². The highest BCUT2D eigenvalue weighted by Crippen LogP contribution is 2.10. The molecule has 1 N–H and O–H groups in total. The lowest BCUT2D eigenvalue weighted by atomic mass is 10.4. The molecule has 1 heterocycles. The zero-order valence-corrected chi connectivity index (χ0v) is 7.93. The molecule has 1 aliphatic heterocycles. The van der Waals surface area contributed by atoms with Gasteiger partial charge in [-0.05, 0) is 12.8 Å². The first kappa shape index (κ1) is 9.91. The molecule has 0 unspecified atom stereocenters. The number of hydrogen-bond donors (Lipinski definition) is 1.